The summed E-state index contributed by atoms with van der Waals surface area (Å²) in [4.78, 5) is 0. The van der Waals surface area contributed by atoms with Crippen LogP contribution in [-0.4, -0.2) is 0 Å². The van der Waals surface area contributed by atoms with Gasteiger partial charge in [0.25, 0.3) is 0 Å². The van der Waals surface area contributed by atoms with Crippen LogP contribution in [0.4, 0.5) is 22.0 Å². The Bertz CT molecular complexity index is 540. The lowest BCUT2D eigenvalue weighted by molar-refractivity contribution is 0.377. The molecule has 0 radical (unpaired) electrons. The molecule has 0 aliphatic heterocycles. The van der Waals surface area contributed by atoms with Crippen molar-refractivity contribution in [1.29, 1.82) is 5.26 Å². The molecule has 102 valence electrons. The Labute approximate surface area is 107 Å². The SMILES string of the molecule is CC(C)CC(C#N)=Cc1c(F)c(F)c(F)c(F)c1F. The van der Waals surface area contributed by atoms with E-state index in [0.717, 1.165) is 0 Å². The molecular weight excluding hydrogens is 265 g/mol. The van der Waals surface area contributed by atoms with Crippen molar-refractivity contribution in [2.75, 3.05) is 0 Å². The van der Waals surface area contributed by atoms with E-state index < -0.39 is 34.6 Å². The van der Waals surface area contributed by atoms with Crippen molar-refractivity contribution in [3.05, 3.63) is 40.2 Å². The van der Waals surface area contributed by atoms with Gasteiger partial charge in [-0.3, -0.25) is 0 Å². The van der Waals surface area contributed by atoms with Crippen LogP contribution in [0.5, 0.6) is 0 Å². The second-order valence-electron chi connectivity index (χ2n) is 4.36. The topological polar surface area (TPSA) is 23.8 Å². The number of allylic oxidation sites excluding steroid dienone is 1. The number of nitrogens with zero attached hydrogens (tertiary/aromatic N) is 1. The Morgan fingerprint density at radius 3 is 1.79 bits per heavy atom. The second-order valence-corrected chi connectivity index (χ2v) is 4.36. The van der Waals surface area contributed by atoms with Crippen LogP contribution in [0.3, 0.4) is 0 Å². The fraction of sp³-hybridized carbons (Fsp3) is 0.308. The minimum atomic E-state index is -2.21. The van der Waals surface area contributed by atoms with Crippen molar-refractivity contribution in [1.82, 2.24) is 0 Å². The van der Waals surface area contributed by atoms with Crippen LogP contribution in [-0.2, 0) is 0 Å². The summed E-state index contributed by atoms with van der Waals surface area (Å²) in [6.45, 7) is 3.51. The lowest BCUT2D eigenvalue weighted by Gasteiger charge is -2.06. The predicted octanol–water partition coefficient (Wildman–Crippen LogP) is 4.34. The molecule has 0 N–H and O–H groups in total. The minimum Gasteiger partial charge on any atom is -0.203 e. The standard InChI is InChI=1S/C13H10F5N/c1-6(2)3-7(5-19)4-8-9(14)11(16)13(18)12(17)10(8)15/h4,6H,3H2,1-2H3. The summed E-state index contributed by atoms with van der Waals surface area (Å²) in [7, 11) is 0. The van der Waals surface area contributed by atoms with E-state index in [4.69, 9.17) is 5.26 Å². The minimum absolute atomic E-state index is 0.00663. The van der Waals surface area contributed by atoms with Crippen molar-refractivity contribution in [3.63, 3.8) is 0 Å². The fourth-order valence-electron chi connectivity index (χ4n) is 1.50. The molecule has 0 heterocycles. The molecule has 0 aliphatic rings. The summed E-state index contributed by atoms with van der Waals surface area (Å²) in [5.41, 5.74) is -1.15. The average Bonchev–Trinajstić information content (AvgIpc) is 2.37. The predicted molar refractivity (Wildman–Crippen MR) is 59.3 cm³/mol. The van der Waals surface area contributed by atoms with Gasteiger partial charge >= 0.3 is 0 Å². The molecular formula is C13H10F5N. The zero-order chi connectivity index (χ0) is 14.7. The molecule has 0 fully saturated rings. The first-order valence-corrected chi connectivity index (χ1v) is 5.41. The molecule has 0 unspecified atom stereocenters. The van der Waals surface area contributed by atoms with Gasteiger partial charge in [-0.1, -0.05) is 13.8 Å². The van der Waals surface area contributed by atoms with Crippen LogP contribution in [0.25, 0.3) is 6.08 Å². The molecule has 0 saturated heterocycles. The molecule has 0 atom stereocenters. The van der Waals surface area contributed by atoms with E-state index in [-0.39, 0.29) is 17.9 Å². The number of hydrogen-bond acceptors (Lipinski definition) is 1. The molecule has 0 bridgehead atoms. The van der Waals surface area contributed by atoms with Gasteiger partial charge in [-0.15, -0.1) is 0 Å². The van der Waals surface area contributed by atoms with E-state index in [1.807, 2.05) is 0 Å². The van der Waals surface area contributed by atoms with Gasteiger partial charge in [-0.05, 0) is 18.4 Å². The van der Waals surface area contributed by atoms with Crippen molar-refractivity contribution in [3.8, 4) is 6.07 Å². The summed E-state index contributed by atoms with van der Waals surface area (Å²) in [5.74, 6) is -10.1. The Kier molecular flexibility index (Phi) is 4.65. The normalized spacial score (nSPS) is 11.8. The number of nitriles is 1. The Morgan fingerprint density at radius 2 is 1.42 bits per heavy atom. The Balaban J connectivity index is 3.44. The van der Waals surface area contributed by atoms with Gasteiger partial charge < -0.3 is 0 Å². The van der Waals surface area contributed by atoms with Crippen LogP contribution in [0.1, 0.15) is 25.8 Å². The van der Waals surface area contributed by atoms with Crippen molar-refractivity contribution in [2.24, 2.45) is 5.92 Å². The molecule has 1 aromatic rings. The molecule has 1 rings (SSSR count). The van der Waals surface area contributed by atoms with E-state index >= 15 is 0 Å². The van der Waals surface area contributed by atoms with Gasteiger partial charge in [0.15, 0.2) is 23.3 Å². The first kappa shape index (κ1) is 15.2. The van der Waals surface area contributed by atoms with Crippen LogP contribution in [0.2, 0.25) is 0 Å². The van der Waals surface area contributed by atoms with Crippen molar-refractivity contribution < 1.29 is 22.0 Å². The highest BCUT2D eigenvalue weighted by Gasteiger charge is 2.24. The lowest BCUT2D eigenvalue weighted by atomic mass is 10.0. The van der Waals surface area contributed by atoms with Gasteiger partial charge in [0.05, 0.1) is 11.6 Å². The maximum Gasteiger partial charge on any atom is 0.200 e. The van der Waals surface area contributed by atoms with Crippen LogP contribution < -0.4 is 0 Å². The third-order valence-corrected chi connectivity index (χ3v) is 2.33. The third-order valence-electron chi connectivity index (χ3n) is 2.33. The average molecular weight is 275 g/mol. The zero-order valence-electron chi connectivity index (χ0n) is 10.2. The van der Waals surface area contributed by atoms with Gasteiger partial charge in [0.2, 0.25) is 5.82 Å². The quantitative estimate of drug-likeness (QED) is 0.348. The first-order valence-electron chi connectivity index (χ1n) is 5.41. The Morgan fingerprint density at radius 1 is 1.00 bits per heavy atom. The van der Waals surface area contributed by atoms with Crippen LogP contribution in [0, 0.1) is 46.3 Å². The van der Waals surface area contributed by atoms with E-state index in [1.165, 1.54) is 0 Å². The smallest absolute Gasteiger partial charge is 0.200 e. The highest BCUT2D eigenvalue weighted by Crippen LogP contribution is 2.25. The number of rotatable bonds is 3. The van der Waals surface area contributed by atoms with E-state index in [2.05, 4.69) is 0 Å². The zero-order valence-corrected chi connectivity index (χ0v) is 10.2. The van der Waals surface area contributed by atoms with E-state index in [0.29, 0.717) is 6.08 Å². The van der Waals surface area contributed by atoms with Gasteiger partial charge in [0, 0.05) is 5.57 Å². The second kappa shape index (κ2) is 5.83. The molecule has 0 aliphatic carbocycles. The molecule has 0 aromatic heterocycles. The molecule has 1 aromatic carbocycles. The summed E-state index contributed by atoms with van der Waals surface area (Å²) >= 11 is 0. The highest BCUT2D eigenvalue weighted by molar-refractivity contribution is 5.58. The van der Waals surface area contributed by atoms with Gasteiger partial charge in [-0.2, -0.15) is 5.26 Å². The number of benzene rings is 1. The largest absolute Gasteiger partial charge is 0.203 e. The molecule has 6 heteroatoms. The molecule has 19 heavy (non-hydrogen) atoms. The van der Waals surface area contributed by atoms with Crippen molar-refractivity contribution in [2.45, 2.75) is 20.3 Å². The van der Waals surface area contributed by atoms with E-state index in [9.17, 15) is 22.0 Å². The fourth-order valence-corrected chi connectivity index (χ4v) is 1.50. The third kappa shape index (κ3) is 3.11. The molecule has 1 nitrogen and oxygen atoms in total. The maximum atomic E-state index is 13.4. The molecule has 0 amide bonds. The van der Waals surface area contributed by atoms with Crippen molar-refractivity contribution >= 4 is 6.08 Å². The summed E-state index contributed by atoms with van der Waals surface area (Å²) in [6, 6.07) is 1.68. The first-order chi connectivity index (χ1) is 8.79. The van der Waals surface area contributed by atoms with Gasteiger partial charge in [0.1, 0.15) is 0 Å². The van der Waals surface area contributed by atoms with E-state index in [1.54, 1.807) is 19.9 Å². The lowest BCUT2D eigenvalue weighted by Crippen LogP contribution is -2.04. The summed E-state index contributed by atoms with van der Waals surface area (Å²) < 4.78 is 65.4. The summed E-state index contributed by atoms with van der Waals surface area (Å²) in [5, 5.41) is 8.79. The molecule has 0 spiro atoms. The van der Waals surface area contributed by atoms with Gasteiger partial charge in [-0.25, -0.2) is 22.0 Å². The number of halogens is 5. The molecule has 0 saturated carbocycles. The Hall–Kier alpha value is -1.90. The number of hydrogen-bond donors (Lipinski definition) is 0. The van der Waals surface area contributed by atoms with Crippen LogP contribution in [0.15, 0.2) is 5.57 Å². The maximum absolute atomic E-state index is 13.4. The summed E-state index contributed by atoms with van der Waals surface area (Å²) in [6.07, 6.45) is 0.867. The highest BCUT2D eigenvalue weighted by atomic mass is 19.2. The monoisotopic (exact) mass is 275 g/mol. The van der Waals surface area contributed by atoms with Crippen LogP contribution >= 0.6 is 0 Å².